The van der Waals surface area contributed by atoms with E-state index in [9.17, 15) is 18.4 Å². The third-order valence-corrected chi connectivity index (χ3v) is 6.86. The molecular weight excluding hydrogens is 492 g/mol. The van der Waals surface area contributed by atoms with Crippen molar-refractivity contribution in [3.63, 3.8) is 0 Å². The highest BCUT2D eigenvalue weighted by Crippen LogP contribution is 2.30. The third-order valence-electron chi connectivity index (χ3n) is 6.86. The fraction of sp³-hybridized carbons (Fsp3) is 0.483. The molecule has 0 radical (unpaired) electrons. The van der Waals surface area contributed by atoms with Crippen molar-refractivity contribution < 1.29 is 27.8 Å². The monoisotopic (exact) mass is 527 g/mol. The zero-order valence-corrected chi connectivity index (χ0v) is 22.1. The first kappa shape index (κ1) is 27.5. The molecule has 7 nitrogen and oxygen atoms in total. The Kier molecular flexibility index (Phi) is 8.97. The quantitative estimate of drug-likeness (QED) is 0.320. The number of benzene rings is 1. The highest BCUT2D eigenvalue weighted by molar-refractivity contribution is 5.95. The van der Waals surface area contributed by atoms with Gasteiger partial charge in [-0.15, -0.1) is 0 Å². The van der Waals surface area contributed by atoms with Crippen molar-refractivity contribution >= 4 is 17.5 Å². The van der Waals surface area contributed by atoms with Crippen molar-refractivity contribution in [1.82, 2.24) is 14.7 Å². The summed E-state index contributed by atoms with van der Waals surface area (Å²) in [5, 5.41) is 3.05. The van der Waals surface area contributed by atoms with E-state index in [2.05, 4.69) is 10.3 Å². The van der Waals surface area contributed by atoms with Gasteiger partial charge in [-0.2, -0.15) is 0 Å². The predicted octanol–water partition coefficient (Wildman–Crippen LogP) is 5.77. The Labute approximate surface area is 221 Å². The van der Waals surface area contributed by atoms with Crippen LogP contribution in [0.2, 0.25) is 0 Å². The number of ether oxygens (including phenoxy) is 2. The number of aromatic nitrogens is 2. The standard InChI is InChI=1S/C29H35F2N3O4/c1-18(2)16-38-26(35)15-21(14-20-8-4-5-9-20)33-29(36)27-19(3)32-28-25(12-7-13-34(27)28)37-17-22-23(30)10-6-11-24(22)31/h6-7,10-13,18,20-21H,4-5,8-9,14-17H2,1-3H3,(H,33,36)/t21-/m1/s1. The number of esters is 1. The summed E-state index contributed by atoms with van der Waals surface area (Å²) in [6.07, 6.45) is 7.00. The molecule has 0 bridgehead atoms. The first-order valence-corrected chi connectivity index (χ1v) is 13.2. The second kappa shape index (κ2) is 12.4. The summed E-state index contributed by atoms with van der Waals surface area (Å²) in [7, 11) is 0. The van der Waals surface area contributed by atoms with Crippen LogP contribution < -0.4 is 10.1 Å². The van der Waals surface area contributed by atoms with E-state index in [1.807, 2.05) is 13.8 Å². The molecule has 2 aromatic heterocycles. The van der Waals surface area contributed by atoms with Crippen LogP contribution in [0.1, 0.15) is 74.1 Å². The molecule has 4 rings (SSSR count). The van der Waals surface area contributed by atoms with Crippen molar-refractivity contribution in [2.24, 2.45) is 11.8 Å². The maximum atomic E-state index is 14.1. The summed E-state index contributed by atoms with van der Waals surface area (Å²) in [4.78, 5) is 30.5. The van der Waals surface area contributed by atoms with E-state index in [0.29, 0.717) is 36.0 Å². The van der Waals surface area contributed by atoms with Gasteiger partial charge in [-0.25, -0.2) is 13.8 Å². The maximum Gasteiger partial charge on any atom is 0.307 e. The van der Waals surface area contributed by atoms with E-state index >= 15 is 0 Å². The van der Waals surface area contributed by atoms with Crippen LogP contribution in [-0.4, -0.2) is 33.9 Å². The summed E-state index contributed by atoms with van der Waals surface area (Å²) in [5.74, 6) is -1.10. The summed E-state index contributed by atoms with van der Waals surface area (Å²) in [6.45, 7) is 5.68. The first-order chi connectivity index (χ1) is 18.2. The SMILES string of the molecule is Cc1nc2c(OCc3c(F)cccc3F)cccn2c1C(=O)N[C@@H](CC(=O)OCC(C)C)CC1CCCC1. The van der Waals surface area contributed by atoms with Crippen molar-refractivity contribution in [3.05, 3.63) is 65.1 Å². The zero-order chi connectivity index (χ0) is 27.2. The molecule has 3 aromatic rings. The largest absolute Gasteiger partial charge is 0.485 e. The van der Waals surface area contributed by atoms with E-state index in [1.54, 1.807) is 29.7 Å². The van der Waals surface area contributed by atoms with E-state index in [0.717, 1.165) is 25.7 Å². The Morgan fingerprint density at radius 3 is 2.53 bits per heavy atom. The Hall–Kier alpha value is -3.49. The number of carbonyl (C=O) groups is 2. The summed E-state index contributed by atoms with van der Waals surface area (Å²) >= 11 is 0. The number of aryl methyl sites for hydroxylation is 1. The van der Waals surface area contributed by atoms with Gasteiger partial charge in [-0.1, -0.05) is 45.6 Å². The molecule has 0 spiro atoms. The fourth-order valence-corrected chi connectivity index (χ4v) is 4.98. The van der Waals surface area contributed by atoms with Crippen LogP contribution in [0.3, 0.4) is 0 Å². The van der Waals surface area contributed by atoms with Crippen LogP contribution in [0.4, 0.5) is 8.78 Å². The van der Waals surface area contributed by atoms with Crippen LogP contribution in [0.25, 0.3) is 5.65 Å². The first-order valence-electron chi connectivity index (χ1n) is 13.2. The molecule has 1 atom stereocenters. The number of fused-ring (bicyclic) bond motifs is 1. The number of halogens is 2. The van der Waals surface area contributed by atoms with Gasteiger partial charge in [0.1, 0.15) is 23.9 Å². The lowest BCUT2D eigenvalue weighted by molar-refractivity contribution is -0.145. The molecule has 0 aliphatic heterocycles. The molecule has 204 valence electrons. The average molecular weight is 528 g/mol. The van der Waals surface area contributed by atoms with Crippen LogP contribution in [0.15, 0.2) is 36.5 Å². The minimum atomic E-state index is -0.697. The molecule has 9 heteroatoms. The predicted molar refractivity (Wildman–Crippen MR) is 139 cm³/mol. The fourth-order valence-electron chi connectivity index (χ4n) is 4.98. The Morgan fingerprint density at radius 1 is 1.13 bits per heavy atom. The topological polar surface area (TPSA) is 81.9 Å². The Morgan fingerprint density at radius 2 is 1.84 bits per heavy atom. The van der Waals surface area contributed by atoms with Crippen LogP contribution >= 0.6 is 0 Å². The molecule has 0 saturated heterocycles. The smallest absolute Gasteiger partial charge is 0.307 e. The minimum absolute atomic E-state index is 0.104. The van der Waals surface area contributed by atoms with Gasteiger partial charge in [-0.05, 0) is 49.4 Å². The second-order valence-corrected chi connectivity index (χ2v) is 10.4. The number of hydrogen-bond donors (Lipinski definition) is 1. The molecule has 1 aliphatic rings. The van der Waals surface area contributed by atoms with Gasteiger partial charge < -0.3 is 14.8 Å². The molecule has 2 heterocycles. The van der Waals surface area contributed by atoms with Crippen LogP contribution in [0.5, 0.6) is 5.75 Å². The highest BCUT2D eigenvalue weighted by Gasteiger charge is 2.27. The number of carbonyl (C=O) groups excluding carboxylic acids is 2. The normalized spacial score (nSPS) is 14.7. The number of nitrogens with one attached hydrogen (secondary N) is 1. The number of hydrogen-bond acceptors (Lipinski definition) is 5. The van der Waals surface area contributed by atoms with Gasteiger partial charge in [0.15, 0.2) is 11.4 Å². The van der Waals surface area contributed by atoms with Crippen molar-refractivity contribution in [3.8, 4) is 5.75 Å². The Balaban J connectivity index is 1.52. The van der Waals surface area contributed by atoms with Crippen LogP contribution in [0, 0.1) is 30.4 Å². The van der Waals surface area contributed by atoms with Gasteiger partial charge in [0, 0.05) is 12.2 Å². The van der Waals surface area contributed by atoms with E-state index < -0.39 is 11.6 Å². The molecule has 38 heavy (non-hydrogen) atoms. The van der Waals surface area contributed by atoms with Gasteiger partial charge in [0.25, 0.3) is 5.91 Å². The lowest BCUT2D eigenvalue weighted by Crippen LogP contribution is -2.39. The van der Waals surface area contributed by atoms with Crippen molar-refractivity contribution in [1.29, 1.82) is 0 Å². The highest BCUT2D eigenvalue weighted by atomic mass is 19.1. The molecule has 1 amide bonds. The average Bonchev–Trinajstić information content (AvgIpc) is 3.49. The van der Waals surface area contributed by atoms with E-state index in [1.165, 1.54) is 18.2 Å². The van der Waals surface area contributed by atoms with Gasteiger partial charge in [0.2, 0.25) is 0 Å². The van der Waals surface area contributed by atoms with Gasteiger partial charge in [0.05, 0.1) is 24.3 Å². The summed E-state index contributed by atoms with van der Waals surface area (Å²) in [5.41, 5.74) is 0.956. The molecule has 1 aliphatic carbocycles. The van der Waals surface area contributed by atoms with Gasteiger partial charge in [-0.3, -0.25) is 14.0 Å². The third kappa shape index (κ3) is 6.68. The lowest BCUT2D eigenvalue weighted by Gasteiger charge is -2.22. The van der Waals surface area contributed by atoms with E-state index in [4.69, 9.17) is 9.47 Å². The lowest BCUT2D eigenvalue weighted by atomic mass is 9.96. The number of amides is 1. The molecule has 1 N–H and O–H groups in total. The second-order valence-electron chi connectivity index (χ2n) is 10.4. The van der Waals surface area contributed by atoms with Crippen molar-refractivity contribution in [2.75, 3.05) is 6.61 Å². The zero-order valence-electron chi connectivity index (χ0n) is 22.1. The van der Waals surface area contributed by atoms with Crippen molar-refractivity contribution in [2.45, 2.75) is 71.9 Å². The van der Waals surface area contributed by atoms with Gasteiger partial charge >= 0.3 is 5.97 Å². The molecule has 1 fully saturated rings. The Bertz CT molecular complexity index is 1260. The number of nitrogens with zero attached hydrogens (tertiary/aromatic N) is 2. The number of rotatable bonds is 11. The molecular formula is C29H35F2N3O4. The molecule has 0 unspecified atom stereocenters. The number of pyridine rings is 1. The summed E-state index contributed by atoms with van der Waals surface area (Å²) in [6, 6.07) is 6.59. The summed E-state index contributed by atoms with van der Waals surface area (Å²) < 4.78 is 40.8. The molecule has 1 aromatic carbocycles. The van der Waals surface area contributed by atoms with Crippen LogP contribution in [-0.2, 0) is 16.1 Å². The molecule has 1 saturated carbocycles. The number of imidazole rings is 1. The minimum Gasteiger partial charge on any atom is -0.485 e. The van der Waals surface area contributed by atoms with E-state index in [-0.39, 0.29) is 48.2 Å². The maximum absolute atomic E-state index is 14.1.